The molecule has 6 nitrogen and oxygen atoms in total. The number of benzene rings is 2. The summed E-state index contributed by atoms with van der Waals surface area (Å²) in [5, 5.41) is 12.9. The van der Waals surface area contributed by atoms with E-state index in [1.165, 1.54) is 6.92 Å². The fraction of sp³-hybridized carbons (Fsp3) is 0.462. The topological polar surface area (TPSA) is 84.9 Å². The standard InChI is InChI=1S/C26H32ClNO5/c1-16(29)28-26(5)13-22(17-7-6-8-19(27)11-17)33-23(14-26)20-10-9-18(25(2,3)4)12-21(20)32-15-24(30)31/h6-12,22-23H,13-15H2,1-5H3,(H,28,29)(H,30,31)/t22-,23+,26+/m0/s1. The van der Waals surface area contributed by atoms with E-state index in [2.05, 4.69) is 26.1 Å². The Labute approximate surface area is 200 Å². The highest BCUT2D eigenvalue weighted by atomic mass is 35.5. The summed E-state index contributed by atoms with van der Waals surface area (Å²) in [7, 11) is 0. The number of rotatable bonds is 6. The minimum atomic E-state index is -1.05. The zero-order chi connectivity index (χ0) is 24.4. The molecule has 0 spiro atoms. The molecule has 2 N–H and O–H groups in total. The molecule has 0 radical (unpaired) electrons. The van der Waals surface area contributed by atoms with Gasteiger partial charge in [0, 0.05) is 35.9 Å². The number of ether oxygens (including phenoxy) is 2. The number of amides is 1. The van der Waals surface area contributed by atoms with Crippen LogP contribution in [-0.4, -0.2) is 29.1 Å². The molecule has 33 heavy (non-hydrogen) atoms. The number of aliphatic carboxylic acids is 1. The third kappa shape index (κ3) is 6.49. The van der Waals surface area contributed by atoms with Gasteiger partial charge < -0.3 is 19.9 Å². The first-order chi connectivity index (χ1) is 15.4. The van der Waals surface area contributed by atoms with Crippen molar-refractivity contribution in [2.75, 3.05) is 6.61 Å². The molecule has 0 unspecified atom stereocenters. The van der Waals surface area contributed by atoms with E-state index in [1.54, 1.807) is 6.07 Å². The summed E-state index contributed by atoms with van der Waals surface area (Å²) >= 11 is 6.23. The van der Waals surface area contributed by atoms with Crippen molar-refractivity contribution in [2.24, 2.45) is 0 Å². The predicted molar refractivity (Wildman–Crippen MR) is 128 cm³/mol. The van der Waals surface area contributed by atoms with Gasteiger partial charge in [-0.3, -0.25) is 4.79 Å². The largest absolute Gasteiger partial charge is 0.482 e. The Morgan fingerprint density at radius 1 is 1.18 bits per heavy atom. The molecule has 178 valence electrons. The van der Waals surface area contributed by atoms with E-state index in [-0.39, 0.29) is 17.4 Å². The van der Waals surface area contributed by atoms with Gasteiger partial charge in [0.1, 0.15) is 5.75 Å². The van der Waals surface area contributed by atoms with Crippen molar-refractivity contribution in [3.8, 4) is 5.75 Å². The van der Waals surface area contributed by atoms with E-state index in [0.717, 1.165) is 16.7 Å². The molecule has 0 bridgehead atoms. The summed E-state index contributed by atoms with van der Waals surface area (Å²) in [6, 6.07) is 13.4. The number of carbonyl (C=O) groups is 2. The van der Waals surface area contributed by atoms with Crippen molar-refractivity contribution in [3.63, 3.8) is 0 Å². The summed E-state index contributed by atoms with van der Waals surface area (Å²) in [5.41, 5.74) is 2.03. The summed E-state index contributed by atoms with van der Waals surface area (Å²) in [4.78, 5) is 23.2. The molecule has 3 rings (SSSR count). The lowest BCUT2D eigenvalue weighted by Crippen LogP contribution is -2.50. The van der Waals surface area contributed by atoms with Gasteiger partial charge in [-0.25, -0.2) is 4.79 Å². The van der Waals surface area contributed by atoms with Crippen LogP contribution in [0.2, 0.25) is 5.02 Å². The van der Waals surface area contributed by atoms with Gasteiger partial charge >= 0.3 is 5.97 Å². The van der Waals surface area contributed by atoms with Crippen LogP contribution in [0, 0.1) is 0 Å². The number of halogens is 1. The second-order valence-electron chi connectivity index (χ2n) is 10.0. The van der Waals surface area contributed by atoms with Gasteiger partial charge in [0.15, 0.2) is 6.61 Å². The van der Waals surface area contributed by atoms with Crippen LogP contribution < -0.4 is 10.1 Å². The van der Waals surface area contributed by atoms with Crippen LogP contribution >= 0.6 is 11.6 Å². The molecule has 0 aromatic heterocycles. The Morgan fingerprint density at radius 2 is 1.88 bits per heavy atom. The second kappa shape index (κ2) is 9.74. The Kier molecular flexibility index (Phi) is 7.39. The van der Waals surface area contributed by atoms with Gasteiger partial charge in [-0.1, -0.05) is 56.6 Å². The van der Waals surface area contributed by atoms with Crippen molar-refractivity contribution in [3.05, 3.63) is 64.2 Å². The van der Waals surface area contributed by atoms with Crippen molar-refractivity contribution < 1.29 is 24.2 Å². The van der Waals surface area contributed by atoms with Gasteiger partial charge in [0.05, 0.1) is 12.2 Å². The van der Waals surface area contributed by atoms with Gasteiger partial charge in [0.2, 0.25) is 5.91 Å². The normalized spacial score (nSPS) is 23.1. The number of nitrogens with one attached hydrogen (secondary N) is 1. The molecular formula is C26H32ClNO5. The molecule has 2 aromatic carbocycles. The molecule has 3 atom stereocenters. The lowest BCUT2D eigenvalue weighted by molar-refractivity contribution is -0.139. The minimum Gasteiger partial charge on any atom is -0.482 e. The van der Waals surface area contributed by atoms with Crippen LogP contribution in [0.25, 0.3) is 0 Å². The third-order valence-electron chi connectivity index (χ3n) is 5.88. The summed E-state index contributed by atoms with van der Waals surface area (Å²) in [5.74, 6) is -0.688. The Morgan fingerprint density at radius 3 is 2.48 bits per heavy atom. The number of hydrogen-bond donors (Lipinski definition) is 2. The maximum atomic E-state index is 12.0. The summed E-state index contributed by atoms with van der Waals surface area (Å²) in [6.45, 7) is 9.32. The molecule has 1 fully saturated rings. The monoisotopic (exact) mass is 473 g/mol. The third-order valence-corrected chi connectivity index (χ3v) is 6.11. The van der Waals surface area contributed by atoms with E-state index in [0.29, 0.717) is 23.6 Å². The number of carboxylic acids is 1. The van der Waals surface area contributed by atoms with Crippen molar-refractivity contribution >= 4 is 23.5 Å². The molecule has 1 aliphatic rings. The zero-order valence-corrected chi connectivity index (χ0v) is 20.5. The molecular weight excluding hydrogens is 442 g/mol. The average molecular weight is 474 g/mol. The first kappa shape index (κ1) is 25.1. The smallest absolute Gasteiger partial charge is 0.341 e. The maximum absolute atomic E-state index is 12.0. The van der Waals surface area contributed by atoms with Crippen LogP contribution in [0.5, 0.6) is 5.75 Å². The number of carbonyl (C=O) groups excluding carboxylic acids is 1. The van der Waals surface area contributed by atoms with E-state index in [4.69, 9.17) is 21.1 Å². The van der Waals surface area contributed by atoms with Crippen LogP contribution in [0.15, 0.2) is 42.5 Å². The first-order valence-corrected chi connectivity index (χ1v) is 11.4. The van der Waals surface area contributed by atoms with Crippen molar-refractivity contribution in [1.82, 2.24) is 5.32 Å². The Bertz CT molecular complexity index is 1030. The summed E-state index contributed by atoms with van der Waals surface area (Å²) in [6.07, 6.45) is 0.364. The maximum Gasteiger partial charge on any atom is 0.341 e. The lowest BCUT2D eigenvalue weighted by atomic mass is 9.80. The minimum absolute atomic E-state index is 0.117. The highest BCUT2D eigenvalue weighted by molar-refractivity contribution is 6.30. The van der Waals surface area contributed by atoms with Gasteiger partial charge in [-0.15, -0.1) is 0 Å². The van der Waals surface area contributed by atoms with E-state index in [9.17, 15) is 14.7 Å². The molecule has 2 aromatic rings. The van der Waals surface area contributed by atoms with Crippen LogP contribution in [0.1, 0.15) is 76.4 Å². The highest BCUT2D eigenvalue weighted by Crippen LogP contribution is 2.46. The zero-order valence-electron chi connectivity index (χ0n) is 19.8. The molecule has 1 heterocycles. The van der Waals surface area contributed by atoms with Crippen LogP contribution in [-0.2, 0) is 19.7 Å². The SMILES string of the molecule is CC(=O)N[C@]1(C)C[C@@H](c2cccc(Cl)c2)O[C@@H](c2ccc(C(C)(C)C)cc2OCC(=O)O)C1. The van der Waals surface area contributed by atoms with Gasteiger partial charge in [0.25, 0.3) is 0 Å². The quantitative estimate of drug-likeness (QED) is 0.571. The molecule has 0 aliphatic carbocycles. The number of carboxylic acid groups (broad SMARTS) is 1. The van der Waals surface area contributed by atoms with E-state index >= 15 is 0 Å². The fourth-order valence-corrected chi connectivity index (χ4v) is 4.54. The predicted octanol–water partition coefficient (Wildman–Crippen LogP) is 5.59. The lowest BCUT2D eigenvalue weighted by Gasteiger charge is -2.43. The van der Waals surface area contributed by atoms with E-state index in [1.807, 2.05) is 43.3 Å². The van der Waals surface area contributed by atoms with Gasteiger partial charge in [-0.05, 0) is 41.7 Å². The average Bonchev–Trinajstić information content (AvgIpc) is 2.70. The van der Waals surface area contributed by atoms with Crippen LogP contribution in [0.4, 0.5) is 0 Å². The van der Waals surface area contributed by atoms with Crippen molar-refractivity contribution in [1.29, 1.82) is 0 Å². The van der Waals surface area contributed by atoms with Gasteiger partial charge in [-0.2, -0.15) is 0 Å². The molecule has 1 aliphatic heterocycles. The van der Waals surface area contributed by atoms with E-state index < -0.39 is 24.2 Å². The molecule has 7 heteroatoms. The molecule has 1 saturated heterocycles. The number of hydrogen-bond acceptors (Lipinski definition) is 4. The van der Waals surface area contributed by atoms with Crippen molar-refractivity contribution in [2.45, 2.75) is 70.6 Å². The second-order valence-corrected chi connectivity index (χ2v) is 10.4. The first-order valence-electron chi connectivity index (χ1n) is 11.0. The highest BCUT2D eigenvalue weighted by Gasteiger charge is 2.41. The summed E-state index contributed by atoms with van der Waals surface area (Å²) < 4.78 is 12.2. The molecule has 0 saturated carbocycles. The Hall–Kier alpha value is -2.57. The Balaban J connectivity index is 2.04. The van der Waals surface area contributed by atoms with Crippen LogP contribution in [0.3, 0.4) is 0 Å². The fourth-order valence-electron chi connectivity index (χ4n) is 4.34. The molecule has 1 amide bonds.